The fourth-order valence-electron chi connectivity index (χ4n) is 3.24. The third-order valence-electron chi connectivity index (χ3n) is 4.81. The molecule has 0 aliphatic carbocycles. The summed E-state index contributed by atoms with van der Waals surface area (Å²) in [6.45, 7) is 0.319. The average Bonchev–Trinajstić information content (AvgIpc) is 3.31. The van der Waals surface area contributed by atoms with E-state index in [1.807, 2.05) is 36.4 Å². The van der Waals surface area contributed by atoms with Crippen LogP contribution in [-0.2, 0) is 19.3 Å². The summed E-state index contributed by atoms with van der Waals surface area (Å²) < 4.78 is 1.63. The van der Waals surface area contributed by atoms with Crippen molar-refractivity contribution in [2.45, 2.75) is 17.2 Å². The fraction of sp³-hybridized carbons (Fsp3) is 0.136. The molecular formula is C22H21Cl2N7OS. The SMILES string of the molecule is Cn1nc(CSc2ccccc2)c(CNc2n[nH]c(Nc3cccc(Cl)c3)c2C(N)=O)c1Cl. The standard InChI is InChI=1S/C22H21Cl2N7OS/c1-31-19(24)16(17(30-31)12-33-15-8-3-2-4-9-15)11-26-21-18(20(25)32)22(29-28-21)27-14-7-5-6-13(23)10-14/h2-10H,11-12H2,1H3,(H2,25,32)(H3,26,27,28,29). The number of benzene rings is 2. The van der Waals surface area contributed by atoms with Gasteiger partial charge in [0.15, 0.2) is 5.82 Å². The zero-order valence-corrected chi connectivity index (χ0v) is 19.9. The fourth-order valence-corrected chi connectivity index (χ4v) is 4.53. The highest BCUT2D eigenvalue weighted by Crippen LogP contribution is 2.29. The van der Waals surface area contributed by atoms with Gasteiger partial charge in [-0.3, -0.25) is 14.6 Å². The number of nitrogens with two attached hydrogens (primary N) is 1. The van der Waals surface area contributed by atoms with Crippen molar-refractivity contribution >= 4 is 58.2 Å². The number of nitrogens with zero attached hydrogens (tertiary/aromatic N) is 3. The lowest BCUT2D eigenvalue weighted by molar-refractivity contribution is 0.100. The van der Waals surface area contributed by atoms with Crippen LogP contribution < -0.4 is 16.4 Å². The largest absolute Gasteiger partial charge is 0.365 e. The molecule has 0 saturated heterocycles. The summed E-state index contributed by atoms with van der Waals surface area (Å²) in [4.78, 5) is 13.3. The lowest BCUT2D eigenvalue weighted by atomic mass is 10.2. The molecule has 2 heterocycles. The molecule has 4 aromatic rings. The van der Waals surface area contributed by atoms with Gasteiger partial charge in [0, 0.05) is 40.5 Å². The summed E-state index contributed by atoms with van der Waals surface area (Å²) in [5.41, 5.74) is 8.20. The monoisotopic (exact) mass is 501 g/mol. The Hall–Kier alpha value is -3.14. The molecule has 0 aliphatic heterocycles. The van der Waals surface area contributed by atoms with E-state index in [4.69, 9.17) is 28.9 Å². The third kappa shape index (κ3) is 5.44. The van der Waals surface area contributed by atoms with Gasteiger partial charge < -0.3 is 16.4 Å². The summed E-state index contributed by atoms with van der Waals surface area (Å²) in [6, 6.07) is 17.2. The topological polar surface area (TPSA) is 114 Å². The van der Waals surface area contributed by atoms with Crippen LogP contribution in [0, 0.1) is 0 Å². The van der Waals surface area contributed by atoms with E-state index in [2.05, 4.69) is 25.9 Å². The van der Waals surface area contributed by atoms with E-state index < -0.39 is 5.91 Å². The normalized spacial score (nSPS) is 10.9. The Kier molecular flexibility index (Phi) is 7.12. The molecule has 1 amide bonds. The summed E-state index contributed by atoms with van der Waals surface area (Å²) in [6.07, 6.45) is 0. The van der Waals surface area contributed by atoms with Crippen molar-refractivity contribution in [3.05, 3.63) is 81.6 Å². The number of hydrogen-bond acceptors (Lipinski definition) is 6. The number of aryl methyl sites for hydroxylation is 1. The molecule has 0 spiro atoms. The Labute approximate surface area is 204 Å². The number of rotatable bonds is 9. The molecule has 0 bridgehead atoms. The minimum atomic E-state index is -0.632. The maximum Gasteiger partial charge on any atom is 0.256 e. The van der Waals surface area contributed by atoms with Crippen LogP contribution >= 0.6 is 35.0 Å². The van der Waals surface area contributed by atoms with Crippen LogP contribution in [0.2, 0.25) is 10.2 Å². The lowest BCUT2D eigenvalue weighted by Gasteiger charge is -2.08. The number of anilines is 3. The summed E-state index contributed by atoms with van der Waals surface area (Å²) in [7, 11) is 1.79. The van der Waals surface area contributed by atoms with Crippen molar-refractivity contribution < 1.29 is 4.79 Å². The second kappa shape index (κ2) is 10.2. The molecule has 4 rings (SSSR count). The molecule has 2 aromatic carbocycles. The maximum atomic E-state index is 12.2. The molecule has 0 unspecified atom stereocenters. The molecule has 170 valence electrons. The molecule has 0 saturated carbocycles. The molecule has 11 heteroatoms. The molecule has 0 atom stereocenters. The van der Waals surface area contributed by atoms with Crippen LogP contribution in [0.1, 0.15) is 21.6 Å². The van der Waals surface area contributed by atoms with Gasteiger partial charge >= 0.3 is 0 Å². The van der Waals surface area contributed by atoms with Crippen LogP contribution in [0.3, 0.4) is 0 Å². The number of halogens is 2. The number of carbonyl (C=O) groups excluding carboxylic acids is 1. The van der Waals surface area contributed by atoms with E-state index >= 15 is 0 Å². The highest BCUT2D eigenvalue weighted by Gasteiger charge is 2.21. The van der Waals surface area contributed by atoms with Crippen molar-refractivity contribution in [1.82, 2.24) is 20.0 Å². The van der Waals surface area contributed by atoms with Crippen LogP contribution in [0.5, 0.6) is 0 Å². The number of amides is 1. The predicted molar refractivity (Wildman–Crippen MR) is 133 cm³/mol. The number of aromatic amines is 1. The van der Waals surface area contributed by atoms with Gasteiger partial charge in [-0.2, -0.15) is 10.2 Å². The first-order valence-corrected chi connectivity index (χ1v) is 11.7. The highest BCUT2D eigenvalue weighted by atomic mass is 35.5. The first-order valence-electron chi connectivity index (χ1n) is 9.95. The van der Waals surface area contributed by atoms with Gasteiger partial charge in [0.1, 0.15) is 16.5 Å². The molecule has 2 aromatic heterocycles. The minimum Gasteiger partial charge on any atom is -0.365 e. The van der Waals surface area contributed by atoms with E-state index in [9.17, 15) is 4.79 Å². The van der Waals surface area contributed by atoms with E-state index in [0.717, 1.165) is 16.2 Å². The number of thioether (sulfide) groups is 1. The Morgan fingerprint density at radius 2 is 1.97 bits per heavy atom. The van der Waals surface area contributed by atoms with E-state index in [0.29, 0.717) is 39.8 Å². The predicted octanol–water partition coefficient (Wildman–Crippen LogP) is 5.20. The Morgan fingerprint density at radius 3 is 2.70 bits per heavy atom. The third-order valence-corrected chi connectivity index (χ3v) is 6.54. The number of carbonyl (C=O) groups is 1. The maximum absolute atomic E-state index is 12.2. The molecule has 5 N–H and O–H groups in total. The van der Waals surface area contributed by atoms with Crippen LogP contribution in [0.15, 0.2) is 59.5 Å². The van der Waals surface area contributed by atoms with Crippen LogP contribution in [0.4, 0.5) is 17.3 Å². The van der Waals surface area contributed by atoms with E-state index in [-0.39, 0.29) is 5.56 Å². The zero-order chi connectivity index (χ0) is 23.4. The van der Waals surface area contributed by atoms with Crippen molar-refractivity contribution in [2.75, 3.05) is 10.6 Å². The van der Waals surface area contributed by atoms with Crippen molar-refractivity contribution in [2.24, 2.45) is 12.8 Å². The first-order chi connectivity index (χ1) is 15.9. The average molecular weight is 502 g/mol. The smallest absolute Gasteiger partial charge is 0.256 e. The van der Waals surface area contributed by atoms with Crippen LogP contribution in [0.25, 0.3) is 0 Å². The van der Waals surface area contributed by atoms with E-state index in [1.165, 1.54) is 0 Å². The second-order valence-corrected chi connectivity index (χ2v) is 8.96. The van der Waals surface area contributed by atoms with Crippen molar-refractivity contribution in [1.29, 1.82) is 0 Å². The summed E-state index contributed by atoms with van der Waals surface area (Å²) in [5, 5.41) is 18.9. The summed E-state index contributed by atoms with van der Waals surface area (Å²) >= 11 is 14.2. The molecule has 0 radical (unpaired) electrons. The molecule has 0 aliphatic rings. The van der Waals surface area contributed by atoms with Gasteiger partial charge in [0.2, 0.25) is 0 Å². The Balaban J connectivity index is 1.52. The zero-order valence-electron chi connectivity index (χ0n) is 17.6. The first kappa shape index (κ1) is 23.0. The van der Waals surface area contributed by atoms with Crippen molar-refractivity contribution in [3.8, 4) is 0 Å². The Morgan fingerprint density at radius 1 is 1.18 bits per heavy atom. The minimum absolute atomic E-state index is 0.204. The highest BCUT2D eigenvalue weighted by molar-refractivity contribution is 7.98. The molecular weight excluding hydrogens is 481 g/mol. The van der Waals surface area contributed by atoms with Gasteiger partial charge in [-0.15, -0.1) is 11.8 Å². The Bertz CT molecular complexity index is 1270. The van der Waals surface area contributed by atoms with Crippen molar-refractivity contribution in [3.63, 3.8) is 0 Å². The van der Waals surface area contributed by atoms with Gasteiger partial charge in [-0.05, 0) is 30.3 Å². The van der Waals surface area contributed by atoms with E-state index in [1.54, 1.807) is 41.7 Å². The number of nitrogens with one attached hydrogen (secondary N) is 3. The number of aromatic nitrogens is 4. The van der Waals surface area contributed by atoms with Crippen LogP contribution in [-0.4, -0.2) is 25.9 Å². The van der Waals surface area contributed by atoms with Gasteiger partial charge in [-0.25, -0.2) is 0 Å². The lowest BCUT2D eigenvalue weighted by Crippen LogP contribution is -2.15. The quantitative estimate of drug-likeness (QED) is 0.234. The summed E-state index contributed by atoms with van der Waals surface area (Å²) in [5.74, 6) is 0.692. The number of hydrogen-bond donors (Lipinski definition) is 4. The molecule has 33 heavy (non-hydrogen) atoms. The van der Waals surface area contributed by atoms with Gasteiger partial charge in [-0.1, -0.05) is 47.5 Å². The van der Waals surface area contributed by atoms with Gasteiger partial charge in [0.25, 0.3) is 5.91 Å². The molecule has 8 nitrogen and oxygen atoms in total. The second-order valence-electron chi connectivity index (χ2n) is 7.12. The number of primary amides is 1. The van der Waals surface area contributed by atoms with Gasteiger partial charge in [0.05, 0.1) is 5.69 Å². The number of H-pyrrole nitrogens is 1. The molecule has 0 fully saturated rings.